The predicted molar refractivity (Wildman–Crippen MR) is 75.6 cm³/mol. The Morgan fingerprint density at radius 1 is 1.18 bits per heavy atom. The summed E-state index contributed by atoms with van der Waals surface area (Å²) >= 11 is 5.18. The molecule has 0 saturated heterocycles. The van der Waals surface area contributed by atoms with Crippen LogP contribution in [0.4, 0.5) is 0 Å². The first-order valence-electron chi connectivity index (χ1n) is 5.93. The third-order valence-electron chi connectivity index (χ3n) is 2.65. The van der Waals surface area contributed by atoms with Crippen molar-refractivity contribution in [2.75, 3.05) is 0 Å². The van der Waals surface area contributed by atoms with E-state index in [-0.39, 0.29) is 0 Å². The van der Waals surface area contributed by atoms with Crippen LogP contribution >= 0.6 is 12.2 Å². The van der Waals surface area contributed by atoms with Crippen LogP contribution in [0.5, 0.6) is 0 Å². The highest BCUT2D eigenvalue weighted by Gasteiger charge is 2.01. The van der Waals surface area contributed by atoms with Crippen LogP contribution in [0, 0.1) is 10.4 Å². The molecule has 17 heavy (non-hydrogen) atoms. The topological polar surface area (TPSA) is 15.8 Å². The number of pyridine rings is 1. The van der Waals surface area contributed by atoms with Gasteiger partial charge in [0.1, 0.15) is 0 Å². The summed E-state index contributed by atoms with van der Waals surface area (Å²) in [5, 5.41) is 0. The molecule has 2 heteroatoms. The minimum absolute atomic E-state index is 0.680. The fraction of sp³-hybridized carbons (Fsp3) is 0.267. The minimum atomic E-state index is 0.680. The highest BCUT2D eigenvalue weighted by Crippen LogP contribution is 2.19. The summed E-state index contributed by atoms with van der Waals surface area (Å²) in [7, 11) is 0. The van der Waals surface area contributed by atoms with Crippen LogP contribution in [0.25, 0.3) is 11.3 Å². The quantitative estimate of drug-likeness (QED) is 0.778. The van der Waals surface area contributed by atoms with E-state index in [9.17, 15) is 0 Å². The van der Waals surface area contributed by atoms with Gasteiger partial charge in [0.2, 0.25) is 0 Å². The first-order valence-corrected chi connectivity index (χ1v) is 6.34. The van der Waals surface area contributed by atoms with E-state index in [1.807, 2.05) is 18.3 Å². The Kier molecular flexibility index (Phi) is 3.75. The summed E-state index contributed by atoms with van der Waals surface area (Å²) in [6.07, 6.45) is 3.01. The molecule has 0 atom stereocenters. The molecule has 1 N–H and O–H groups in total. The van der Waals surface area contributed by atoms with E-state index in [4.69, 9.17) is 12.2 Å². The van der Waals surface area contributed by atoms with E-state index in [1.165, 1.54) is 11.1 Å². The molecule has 0 radical (unpaired) electrons. The molecule has 0 aliphatic heterocycles. The standard InChI is InChI=1S/C15H17NS/c1-11(2)8-12-4-3-5-13(9-12)15-10-14(17)6-7-16-15/h3-7,9-11H,8H2,1-2H3,(H,16,17). The number of aromatic amines is 1. The zero-order valence-corrected chi connectivity index (χ0v) is 11.1. The first-order chi connectivity index (χ1) is 8.15. The highest BCUT2D eigenvalue weighted by atomic mass is 32.1. The maximum absolute atomic E-state index is 5.18. The lowest BCUT2D eigenvalue weighted by molar-refractivity contribution is 0.647. The van der Waals surface area contributed by atoms with Gasteiger partial charge in [0.05, 0.1) is 0 Å². The van der Waals surface area contributed by atoms with E-state index in [0.717, 1.165) is 16.6 Å². The SMILES string of the molecule is CC(C)Cc1cccc(-c2cc(=S)cc[nH]2)c1. The van der Waals surface area contributed by atoms with Crippen molar-refractivity contribution >= 4 is 12.2 Å². The molecule has 1 heterocycles. The molecule has 1 aromatic heterocycles. The molecule has 0 aliphatic rings. The van der Waals surface area contributed by atoms with Crippen molar-refractivity contribution in [1.29, 1.82) is 0 Å². The average molecular weight is 243 g/mol. The monoisotopic (exact) mass is 243 g/mol. The summed E-state index contributed by atoms with van der Waals surface area (Å²) < 4.78 is 0.869. The van der Waals surface area contributed by atoms with Gasteiger partial charge in [-0.25, -0.2) is 0 Å². The van der Waals surface area contributed by atoms with Crippen molar-refractivity contribution in [3.63, 3.8) is 0 Å². The Balaban J connectivity index is 2.36. The third kappa shape index (κ3) is 3.27. The van der Waals surface area contributed by atoms with Gasteiger partial charge in [-0.05, 0) is 41.7 Å². The number of H-pyrrole nitrogens is 1. The zero-order chi connectivity index (χ0) is 12.3. The minimum Gasteiger partial charge on any atom is -0.361 e. The average Bonchev–Trinajstić information content (AvgIpc) is 2.28. The molecule has 88 valence electrons. The van der Waals surface area contributed by atoms with Crippen molar-refractivity contribution in [1.82, 2.24) is 4.98 Å². The highest BCUT2D eigenvalue weighted by molar-refractivity contribution is 7.71. The lowest BCUT2D eigenvalue weighted by atomic mass is 10.00. The van der Waals surface area contributed by atoms with Gasteiger partial charge in [0.25, 0.3) is 0 Å². The Bertz CT molecular complexity index is 555. The van der Waals surface area contributed by atoms with Crippen molar-refractivity contribution in [2.24, 2.45) is 5.92 Å². The lowest BCUT2D eigenvalue weighted by Crippen LogP contribution is -1.94. The number of nitrogens with one attached hydrogen (secondary N) is 1. The van der Waals surface area contributed by atoms with E-state index >= 15 is 0 Å². The molecule has 0 amide bonds. The Labute approximate surface area is 108 Å². The molecule has 0 spiro atoms. The van der Waals surface area contributed by atoms with Gasteiger partial charge in [-0.2, -0.15) is 0 Å². The maximum atomic E-state index is 5.18. The summed E-state index contributed by atoms with van der Waals surface area (Å²) in [5.74, 6) is 0.680. The summed E-state index contributed by atoms with van der Waals surface area (Å²) in [6, 6.07) is 12.5. The van der Waals surface area contributed by atoms with Crippen LogP contribution < -0.4 is 0 Å². The molecular weight excluding hydrogens is 226 g/mol. The Morgan fingerprint density at radius 3 is 2.71 bits per heavy atom. The molecule has 0 bridgehead atoms. The number of hydrogen-bond acceptors (Lipinski definition) is 1. The maximum Gasteiger partial charge on any atom is 0.0467 e. The Morgan fingerprint density at radius 2 is 2.00 bits per heavy atom. The second-order valence-corrected chi connectivity index (χ2v) is 5.21. The summed E-state index contributed by atoms with van der Waals surface area (Å²) in [5.41, 5.74) is 3.67. The van der Waals surface area contributed by atoms with Crippen LogP contribution in [0.2, 0.25) is 0 Å². The fourth-order valence-electron chi connectivity index (χ4n) is 1.95. The molecule has 0 aliphatic carbocycles. The van der Waals surface area contributed by atoms with Gasteiger partial charge in [-0.1, -0.05) is 44.3 Å². The number of hydrogen-bond donors (Lipinski definition) is 1. The number of benzene rings is 1. The summed E-state index contributed by atoms with van der Waals surface area (Å²) in [6.45, 7) is 4.48. The summed E-state index contributed by atoms with van der Waals surface area (Å²) in [4.78, 5) is 3.24. The predicted octanol–water partition coefficient (Wildman–Crippen LogP) is 4.61. The molecule has 2 rings (SSSR count). The van der Waals surface area contributed by atoms with E-state index < -0.39 is 0 Å². The smallest absolute Gasteiger partial charge is 0.0467 e. The van der Waals surface area contributed by atoms with Gasteiger partial charge in [0.15, 0.2) is 0 Å². The van der Waals surface area contributed by atoms with Gasteiger partial charge in [-0.3, -0.25) is 0 Å². The second kappa shape index (κ2) is 5.28. The molecule has 1 aromatic carbocycles. The molecule has 0 unspecified atom stereocenters. The molecule has 0 saturated carbocycles. The third-order valence-corrected chi connectivity index (χ3v) is 2.91. The van der Waals surface area contributed by atoms with Gasteiger partial charge in [0, 0.05) is 16.4 Å². The van der Waals surface area contributed by atoms with Crippen LogP contribution in [0.3, 0.4) is 0 Å². The lowest BCUT2D eigenvalue weighted by Gasteiger charge is -2.07. The second-order valence-electron chi connectivity index (χ2n) is 4.74. The normalized spacial score (nSPS) is 10.8. The van der Waals surface area contributed by atoms with Crippen molar-refractivity contribution in [3.8, 4) is 11.3 Å². The van der Waals surface area contributed by atoms with Gasteiger partial charge < -0.3 is 4.98 Å². The van der Waals surface area contributed by atoms with Crippen molar-refractivity contribution in [2.45, 2.75) is 20.3 Å². The fourth-order valence-corrected chi connectivity index (χ4v) is 2.14. The van der Waals surface area contributed by atoms with E-state index in [2.05, 4.69) is 43.1 Å². The molecule has 2 aromatic rings. The van der Waals surface area contributed by atoms with Crippen LogP contribution in [0.1, 0.15) is 19.4 Å². The Hall–Kier alpha value is -1.41. The van der Waals surface area contributed by atoms with Crippen LogP contribution in [0.15, 0.2) is 42.6 Å². The molecule has 0 fully saturated rings. The first kappa shape index (κ1) is 12.1. The number of aromatic nitrogens is 1. The largest absolute Gasteiger partial charge is 0.361 e. The van der Waals surface area contributed by atoms with Gasteiger partial charge in [-0.15, -0.1) is 0 Å². The van der Waals surface area contributed by atoms with Crippen LogP contribution in [-0.2, 0) is 6.42 Å². The molecular formula is C15H17NS. The molecule has 1 nitrogen and oxygen atoms in total. The van der Waals surface area contributed by atoms with Crippen molar-refractivity contribution < 1.29 is 0 Å². The van der Waals surface area contributed by atoms with Crippen LogP contribution in [-0.4, -0.2) is 4.98 Å². The van der Waals surface area contributed by atoms with E-state index in [1.54, 1.807) is 0 Å². The van der Waals surface area contributed by atoms with Gasteiger partial charge >= 0.3 is 0 Å². The zero-order valence-electron chi connectivity index (χ0n) is 10.2. The number of rotatable bonds is 3. The van der Waals surface area contributed by atoms with Crippen molar-refractivity contribution in [3.05, 3.63) is 52.7 Å². The van der Waals surface area contributed by atoms with E-state index in [0.29, 0.717) is 5.92 Å².